The predicted octanol–water partition coefficient (Wildman–Crippen LogP) is 4.42. The van der Waals surface area contributed by atoms with E-state index in [9.17, 15) is 0 Å². The molecule has 0 N–H and O–H groups in total. The summed E-state index contributed by atoms with van der Waals surface area (Å²) in [6.07, 6.45) is 6.80. The van der Waals surface area contributed by atoms with E-state index in [1.807, 2.05) is 0 Å². The van der Waals surface area contributed by atoms with Crippen molar-refractivity contribution in [2.75, 3.05) is 0 Å². The first kappa shape index (κ1) is 14.3. The molecule has 0 amide bonds. The van der Waals surface area contributed by atoms with E-state index in [-0.39, 0.29) is 0 Å². The van der Waals surface area contributed by atoms with Crippen molar-refractivity contribution in [1.29, 1.82) is 0 Å². The van der Waals surface area contributed by atoms with Crippen molar-refractivity contribution in [3.63, 3.8) is 0 Å². The average molecular weight is 304 g/mol. The van der Waals surface area contributed by atoms with Crippen molar-refractivity contribution in [2.45, 2.75) is 90.6 Å². The zero-order chi connectivity index (χ0) is 15.7. The second kappa shape index (κ2) is 3.61. The molecule has 4 bridgehead atoms. The molecule has 0 aromatic rings. The number of hydrogen-bond donors (Lipinski definition) is 0. The van der Waals surface area contributed by atoms with E-state index in [2.05, 4.69) is 41.5 Å². The molecule has 8 atom stereocenters. The van der Waals surface area contributed by atoms with E-state index in [0.29, 0.717) is 34.2 Å². The Balaban J connectivity index is 0.000000102. The SMILES string of the molecule is CC1(C)C2CC3OC3(C)C1C2.CC1(C)C2CC3OC3(C)C1C2. The van der Waals surface area contributed by atoms with E-state index in [4.69, 9.17) is 9.47 Å². The predicted molar refractivity (Wildman–Crippen MR) is 86.5 cm³/mol. The first-order valence-electron chi connectivity index (χ1n) is 9.46. The van der Waals surface area contributed by atoms with Gasteiger partial charge in [0.25, 0.3) is 0 Å². The van der Waals surface area contributed by atoms with Gasteiger partial charge < -0.3 is 9.47 Å². The summed E-state index contributed by atoms with van der Waals surface area (Å²) in [7, 11) is 0. The summed E-state index contributed by atoms with van der Waals surface area (Å²) in [6.45, 7) is 14.3. The number of ether oxygens (including phenoxy) is 2. The fourth-order valence-corrected chi connectivity index (χ4v) is 7.02. The minimum Gasteiger partial charge on any atom is -0.366 e. The quantitative estimate of drug-likeness (QED) is 0.619. The lowest BCUT2D eigenvalue weighted by atomic mass is 9.46. The Bertz CT molecular complexity index is 480. The lowest BCUT2D eigenvalue weighted by Crippen LogP contribution is -2.56. The van der Waals surface area contributed by atoms with Crippen LogP contribution in [0.15, 0.2) is 0 Å². The molecule has 8 rings (SSSR count). The highest BCUT2D eigenvalue weighted by atomic mass is 16.6. The zero-order valence-corrected chi connectivity index (χ0v) is 15.1. The van der Waals surface area contributed by atoms with Crippen molar-refractivity contribution in [3.8, 4) is 0 Å². The van der Waals surface area contributed by atoms with Gasteiger partial charge in [0.1, 0.15) is 0 Å². The fourth-order valence-electron chi connectivity index (χ4n) is 7.02. The summed E-state index contributed by atoms with van der Waals surface area (Å²) in [4.78, 5) is 0. The Kier molecular flexibility index (Phi) is 2.35. The van der Waals surface area contributed by atoms with Gasteiger partial charge in [0.05, 0.1) is 23.4 Å². The van der Waals surface area contributed by atoms with E-state index in [1.54, 1.807) is 0 Å². The molecule has 2 saturated heterocycles. The molecular weight excluding hydrogens is 272 g/mol. The summed E-state index contributed by atoms with van der Waals surface area (Å²) in [5, 5.41) is 0. The van der Waals surface area contributed by atoms with E-state index in [0.717, 1.165) is 23.7 Å². The van der Waals surface area contributed by atoms with Gasteiger partial charge in [-0.3, -0.25) is 0 Å². The van der Waals surface area contributed by atoms with Gasteiger partial charge in [-0.05, 0) is 74.0 Å². The van der Waals surface area contributed by atoms with Gasteiger partial charge in [-0.2, -0.15) is 0 Å². The molecule has 2 aliphatic heterocycles. The maximum absolute atomic E-state index is 5.75. The topological polar surface area (TPSA) is 25.1 Å². The van der Waals surface area contributed by atoms with E-state index >= 15 is 0 Å². The fraction of sp³-hybridized carbons (Fsp3) is 1.00. The van der Waals surface area contributed by atoms with E-state index in [1.165, 1.54) is 25.7 Å². The van der Waals surface area contributed by atoms with Crippen LogP contribution in [0, 0.1) is 34.5 Å². The van der Waals surface area contributed by atoms with Gasteiger partial charge in [-0.1, -0.05) is 27.7 Å². The van der Waals surface area contributed by atoms with Crippen LogP contribution in [0.1, 0.15) is 67.2 Å². The van der Waals surface area contributed by atoms with Crippen molar-refractivity contribution < 1.29 is 9.47 Å². The molecular formula is C20H32O2. The van der Waals surface area contributed by atoms with Gasteiger partial charge in [-0.15, -0.1) is 0 Å². The highest BCUT2D eigenvalue weighted by Gasteiger charge is 2.73. The van der Waals surface area contributed by atoms with Crippen LogP contribution in [0.4, 0.5) is 0 Å². The van der Waals surface area contributed by atoms with Crippen LogP contribution in [0.2, 0.25) is 0 Å². The molecule has 2 nitrogen and oxygen atoms in total. The highest BCUT2D eigenvalue weighted by molar-refractivity contribution is 5.21. The molecule has 6 saturated carbocycles. The van der Waals surface area contributed by atoms with Crippen molar-refractivity contribution >= 4 is 0 Å². The summed E-state index contributed by atoms with van der Waals surface area (Å²) < 4.78 is 11.5. The van der Waals surface area contributed by atoms with Crippen LogP contribution in [0.25, 0.3) is 0 Å². The molecule has 8 fully saturated rings. The molecule has 2 heterocycles. The second-order valence-electron chi connectivity index (χ2n) is 10.7. The highest BCUT2D eigenvalue weighted by Crippen LogP contribution is 2.71. The molecule has 8 unspecified atom stereocenters. The lowest BCUT2D eigenvalue weighted by molar-refractivity contribution is -0.0789. The number of hydrogen-bond acceptors (Lipinski definition) is 2. The van der Waals surface area contributed by atoms with Crippen LogP contribution in [0.3, 0.4) is 0 Å². The molecule has 0 radical (unpaired) electrons. The molecule has 0 spiro atoms. The molecule has 22 heavy (non-hydrogen) atoms. The monoisotopic (exact) mass is 304 g/mol. The Morgan fingerprint density at radius 3 is 1.18 bits per heavy atom. The molecule has 6 aliphatic carbocycles. The smallest absolute Gasteiger partial charge is 0.0953 e. The zero-order valence-electron chi connectivity index (χ0n) is 15.1. The third kappa shape index (κ3) is 1.46. The minimum atomic E-state index is 0.304. The number of epoxide rings is 2. The van der Waals surface area contributed by atoms with Crippen LogP contribution in [-0.2, 0) is 9.47 Å². The van der Waals surface area contributed by atoms with Gasteiger partial charge in [0, 0.05) is 0 Å². The van der Waals surface area contributed by atoms with Gasteiger partial charge in [0.15, 0.2) is 0 Å². The minimum absolute atomic E-state index is 0.304. The lowest BCUT2D eigenvalue weighted by Gasteiger charge is -2.57. The summed E-state index contributed by atoms with van der Waals surface area (Å²) in [6, 6.07) is 0. The molecule has 0 aromatic carbocycles. The van der Waals surface area contributed by atoms with E-state index < -0.39 is 0 Å². The normalized spacial score (nSPS) is 63.0. The second-order valence-corrected chi connectivity index (χ2v) is 10.7. The average Bonchev–Trinajstić information content (AvgIpc) is 3.29. The first-order valence-corrected chi connectivity index (χ1v) is 9.46. The standard InChI is InChI=1S/2C10H16O/c2*1-9(2)6-4-7(9)10(3)8(5-6)11-10/h2*6-8H,4-5H2,1-3H3. The maximum Gasteiger partial charge on any atom is 0.0953 e. The Labute approximate surface area is 135 Å². The van der Waals surface area contributed by atoms with Gasteiger partial charge >= 0.3 is 0 Å². The van der Waals surface area contributed by atoms with Gasteiger partial charge in [0.2, 0.25) is 0 Å². The van der Waals surface area contributed by atoms with Crippen LogP contribution >= 0.6 is 0 Å². The van der Waals surface area contributed by atoms with Crippen molar-refractivity contribution in [3.05, 3.63) is 0 Å². The summed E-state index contributed by atoms with van der Waals surface area (Å²) in [5.74, 6) is 3.65. The van der Waals surface area contributed by atoms with Crippen LogP contribution in [0.5, 0.6) is 0 Å². The Hall–Kier alpha value is -0.0800. The third-order valence-corrected chi connectivity index (χ3v) is 9.28. The summed E-state index contributed by atoms with van der Waals surface area (Å²) >= 11 is 0. The molecule has 8 aliphatic rings. The Morgan fingerprint density at radius 1 is 0.591 bits per heavy atom. The Morgan fingerprint density at radius 2 is 0.955 bits per heavy atom. The first-order chi connectivity index (χ1) is 10.1. The largest absolute Gasteiger partial charge is 0.366 e. The third-order valence-electron chi connectivity index (χ3n) is 9.28. The van der Waals surface area contributed by atoms with Crippen molar-refractivity contribution in [2.24, 2.45) is 34.5 Å². The summed E-state index contributed by atoms with van der Waals surface area (Å²) in [5.41, 5.74) is 1.78. The maximum atomic E-state index is 5.75. The van der Waals surface area contributed by atoms with Gasteiger partial charge in [-0.25, -0.2) is 0 Å². The molecule has 2 heteroatoms. The van der Waals surface area contributed by atoms with Crippen LogP contribution in [-0.4, -0.2) is 23.4 Å². The van der Waals surface area contributed by atoms with Crippen LogP contribution < -0.4 is 0 Å². The molecule has 124 valence electrons. The molecule has 0 aromatic heterocycles. The van der Waals surface area contributed by atoms with Crippen molar-refractivity contribution in [1.82, 2.24) is 0 Å². The number of rotatable bonds is 0.